The van der Waals surface area contributed by atoms with Gasteiger partial charge in [0.15, 0.2) is 0 Å². The van der Waals surface area contributed by atoms with Crippen LogP contribution < -0.4 is 0 Å². The third-order valence-corrected chi connectivity index (χ3v) is 3.31. The van der Waals surface area contributed by atoms with E-state index in [9.17, 15) is 4.79 Å². The lowest BCUT2D eigenvalue weighted by Crippen LogP contribution is -1.90. The zero-order valence-corrected chi connectivity index (χ0v) is 12.2. The largest absolute Gasteiger partial charge is 0.478 e. The minimum Gasteiger partial charge on any atom is -0.478 e. The van der Waals surface area contributed by atoms with Gasteiger partial charge in [-0.2, -0.15) is 0 Å². The van der Waals surface area contributed by atoms with E-state index in [2.05, 4.69) is 0 Å². The number of halogens is 2. The average molecular weight is 307 g/mol. The van der Waals surface area contributed by atoms with E-state index in [0.717, 1.165) is 16.7 Å². The van der Waals surface area contributed by atoms with Gasteiger partial charge in [0.05, 0.1) is 0 Å². The van der Waals surface area contributed by atoms with E-state index in [1.54, 1.807) is 13.0 Å². The van der Waals surface area contributed by atoms with Crippen LogP contribution in [0.15, 0.2) is 48.5 Å². The number of allylic oxidation sites excluding steroid dienone is 1. The Labute approximate surface area is 127 Å². The Morgan fingerprint density at radius 3 is 2.05 bits per heavy atom. The fourth-order valence-electron chi connectivity index (χ4n) is 1.91. The van der Waals surface area contributed by atoms with Gasteiger partial charge in [-0.3, -0.25) is 0 Å². The summed E-state index contributed by atoms with van der Waals surface area (Å²) in [5, 5.41) is 9.90. The van der Waals surface area contributed by atoms with Gasteiger partial charge in [0.25, 0.3) is 0 Å². The van der Waals surface area contributed by atoms with Crippen molar-refractivity contribution in [2.75, 3.05) is 0 Å². The number of benzene rings is 2. The van der Waals surface area contributed by atoms with Crippen molar-refractivity contribution >= 4 is 34.7 Å². The van der Waals surface area contributed by atoms with Gasteiger partial charge in [-0.05, 0) is 47.4 Å². The van der Waals surface area contributed by atoms with Crippen LogP contribution >= 0.6 is 23.2 Å². The van der Waals surface area contributed by atoms with Gasteiger partial charge in [0.1, 0.15) is 0 Å². The van der Waals surface area contributed by atoms with E-state index in [1.807, 2.05) is 36.4 Å². The summed E-state index contributed by atoms with van der Waals surface area (Å²) in [5.74, 6) is -0.951. The molecular weight excluding hydrogens is 295 g/mol. The van der Waals surface area contributed by atoms with Crippen LogP contribution in [0.4, 0.5) is 0 Å². The second-order valence-electron chi connectivity index (χ2n) is 4.40. The van der Waals surface area contributed by atoms with Gasteiger partial charge in [0.2, 0.25) is 0 Å². The summed E-state index contributed by atoms with van der Waals surface area (Å²) in [6, 6.07) is 12.9. The highest BCUT2D eigenvalue weighted by molar-refractivity contribution is 6.35. The molecule has 2 nitrogen and oxygen atoms in total. The lowest BCUT2D eigenvalue weighted by atomic mass is 10.0. The Morgan fingerprint density at radius 2 is 1.55 bits per heavy atom. The van der Waals surface area contributed by atoms with E-state index in [0.29, 0.717) is 15.6 Å². The molecule has 4 heteroatoms. The summed E-state index contributed by atoms with van der Waals surface area (Å²) in [6.07, 6.45) is 1.19. The molecule has 0 aliphatic carbocycles. The number of rotatable bonds is 3. The average Bonchev–Trinajstić information content (AvgIpc) is 2.37. The molecule has 0 bridgehead atoms. The van der Waals surface area contributed by atoms with Crippen molar-refractivity contribution in [2.24, 2.45) is 0 Å². The van der Waals surface area contributed by atoms with Crippen molar-refractivity contribution in [1.29, 1.82) is 0 Å². The Morgan fingerprint density at radius 1 is 1.00 bits per heavy atom. The van der Waals surface area contributed by atoms with Crippen molar-refractivity contribution in [1.82, 2.24) is 0 Å². The summed E-state index contributed by atoms with van der Waals surface area (Å²) in [5.41, 5.74) is 3.47. The van der Waals surface area contributed by atoms with Gasteiger partial charge in [-0.25, -0.2) is 4.79 Å². The maximum Gasteiger partial charge on any atom is 0.328 e. The minimum atomic E-state index is -0.951. The quantitative estimate of drug-likeness (QED) is 0.796. The number of hydrogen-bond acceptors (Lipinski definition) is 1. The summed E-state index contributed by atoms with van der Waals surface area (Å²) in [6.45, 7) is 1.76. The van der Waals surface area contributed by atoms with Crippen molar-refractivity contribution < 1.29 is 9.90 Å². The molecule has 0 spiro atoms. The lowest BCUT2D eigenvalue weighted by Gasteiger charge is -2.06. The van der Waals surface area contributed by atoms with Crippen molar-refractivity contribution in [3.05, 3.63) is 64.1 Å². The van der Waals surface area contributed by atoms with Gasteiger partial charge in [-0.15, -0.1) is 0 Å². The summed E-state index contributed by atoms with van der Waals surface area (Å²) in [7, 11) is 0. The van der Waals surface area contributed by atoms with Crippen LogP contribution in [-0.2, 0) is 4.79 Å². The van der Waals surface area contributed by atoms with Crippen LogP contribution in [0.3, 0.4) is 0 Å². The number of carboxylic acid groups (broad SMARTS) is 1. The van der Waals surface area contributed by atoms with Crippen LogP contribution in [0.2, 0.25) is 10.0 Å². The van der Waals surface area contributed by atoms with Crippen molar-refractivity contribution in [2.45, 2.75) is 6.92 Å². The third-order valence-electron chi connectivity index (χ3n) is 2.88. The fraction of sp³-hybridized carbons (Fsp3) is 0.0625. The maximum atomic E-state index is 10.6. The van der Waals surface area contributed by atoms with E-state index in [-0.39, 0.29) is 0 Å². The zero-order chi connectivity index (χ0) is 14.7. The topological polar surface area (TPSA) is 37.3 Å². The van der Waals surface area contributed by atoms with E-state index in [4.69, 9.17) is 28.3 Å². The first kappa shape index (κ1) is 14.6. The molecule has 2 aromatic carbocycles. The molecule has 0 saturated heterocycles. The molecule has 0 fully saturated rings. The molecule has 0 radical (unpaired) electrons. The normalized spacial score (nSPS) is 11.4. The van der Waals surface area contributed by atoms with Crippen LogP contribution in [0.1, 0.15) is 12.5 Å². The first-order valence-corrected chi connectivity index (χ1v) is 6.69. The first-order chi connectivity index (χ1) is 9.45. The molecule has 2 aromatic rings. The summed E-state index contributed by atoms with van der Waals surface area (Å²) in [4.78, 5) is 10.6. The SMILES string of the molecule is CC(=CC(=O)O)c1ccc(-c2cc(Cl)cc(Cl)c2)cc1. The Bertz CT molecular complexity index is 653. The van der Waals surface area contributed by atoms with Gasteiger partial charge in [0, 0.05) is 16.1 Å². The minimum absolute atomic E-state index is 0.582. The second kappa shape index (κ2) is 6.12. The zero-order valence-electron chi connectivity index (χ0n) is 10.7. The second-order valence-corrected chi connectivity index (χ2v) is 5.27. The molecule has 0 atom stereocenters. The fourth-order valence-corrected chi connectivity index (χ4v) is 2.44. The molecule has 0 unspecified atom stereocenters. The molecule has 0 heterocycles. The summed E-state index contributed by atoms with van der Waals surface area (Å²) < 4.78 is 0. The predicted molar refractivity (Wildman–Crippen MR) is 83.2 cm³/mol. The molecule has 1 N–H and O–H groups in total. The van der Waals surface area contributed by atoms with Crippen molar-refractivity contribution in [3.8, 4) is 11.1 Å². The van der Waals surface area contributed by atoms with Gasteiger partial charge >= 0.3 is 5.97 Å². The molecule has 0 aromatic heterocycles. The molecule has 20 heavy (non-hydrogen) atoms. The lowest BCUT2D eigenvalue weighted by molar-refractivity contribution is -0.131. The Kier molecular flexibility index (Phi) is 4.48. The Hall–Kier alpha value is -1.77. The van der Waals surface area contributed by atoms with Crippen LogP contribution in [-0.4, -0.2) is 11.1 Å². The highest BCUT2D eigenvalue weighted by atomic mass is 35.5. The number of aliphatic carboxylic acids is 1. The van der Waals surface area contributed by atoms with Crippen LogP contribution in [0, 0.1) is 0 Å². The molecular formula is C16H12Cl2O2. The molecule has 102 valence electrons. The monoisotopic (exact) mass is 306 g/mol. The van der Waals surface area contributed by atoms with Gasteiger partial charge < -0.3 is 5.11 Å². The number of hydrogen-bond donors (Lipinski definition) is 1. The third kappa shape index (κ3) is 3.62. The standard InChI is InChI=1S/C16H12Cl2O2/c1-10(6-16(19)20)11-2-4-12(5-3-11)13-7-14(17)9-15(18)8-13/h2-9H,1H3,(H,19,20). The van der Waals surface area contributed by atoms with E-state index in [1.165, 1.54) is 6.08 Å². The molecule has 0 aliphatic heterocycles. The first-order valence-electron chi connectivity index (χ1n) is 5.94. The molecule has 0 amide bonds. The number of carbonyl (C=O) groups is 1. The van der Waals surface area contributed by atoms with Crippen LogP contribution in [0.5, 0.6) is 0 Å². The highest BCUT2D eigenvalue weighted by Gasteiger charge is 2.03. The summed E-state index contributed by atoms with van der Waals surface area (Å²) >= 11 is 12.0. The predicted octanol–water partition coefficient (Wildman–Crippen LogP) is 5.15. The number of carboxylic acids is 1. The van der Waals surface area contributed by atoms with E-state index < -0.39 is 5.97 Å². The molecule has 2 rings (SSSR count). The Balaban J connectivity index is 2.35. The molecule has 0 saturated carbocycles. The van der Waals surface area contributed by atoms with Crippen molar-refractivity contribution in [3.63, 3.8) is 0 Å². The highest BCUT2D eigenvalue weighted by Crippen LogP contribution is 2.28. The van der Waals surface area contributed by atoms with Gasteiger partial charge in [-0.1, -0.05) is 47.5 Å². The maximum absolute atomic E-state index is 10.6. The molecule has 0 aliphatic rings. The van der Waals surface area contributed by atoms with Crippen LogP contribution in [0.25, 0.3) is 16.7 Å². The smallest absolute Gasteiger partial charge is 0.328 e. The van der Waals surface area contributed by atoms with E-state index >= 15 is 0 Å².